The van der Waals surface area contributed by atoms with Crippen LogP contribution in [0.4, 0.5) is 11.4 Å². The third kappa shape index (κ3) is 3.73. The van der Waals surface area contributed by atoms with E-state index in [0.717, 1.165) is 0 Å². The Balaban J connectivity index is 2.26. The summed E-state index contributed by atoms with van der Waals surface area (Å²) in [6.07, 6.45) is 0. The first-order chi connectivity index (χ1) is 10.5. The lowest BCUT2D eigenvalue weighted by atomic mass is 10.1. The SMILES string of the molecule is CCOc1ccc(C(=O)Nc2cccc(Cl)c2)cc1[N+](=O)[O-]. The molecule has 2 aromatic rings. The van der Waals surface area contributed by atoms with Crippen molar-refractivity contribution in [2.75, 3.05) is 11.9 Å². The van der Waals surface area contributed by atoms with E-state index < -0.39 is 10.8 Å². The lowest BCUT2D eigenvalue weighted by Crippen LogP contribution is -2.12. The van der Waals surface area contributed by atoms with E-state index in [1.807, 2.05) is 0 Å². The van der Waals surface area contributed by atoms with Gasteiger partial charge in [-0.1, -0.05) is 17.7 Å². The molecule has 0 saturated heterocycles. The zero-order valence-electron chi connectivity index (χ0n) is 11.7. The first kappa shape index (κ1) is 15.8. The second kappa shape index (κ2) is 6.91. The van der Waals surface area contributed by atoms with Gasteiger partial charge in [0.25, 0.3) is 5.91 Å². The van der Waals surface area contributed by atoms with Gasteiger partial charge < -0.3 is 10.1 Å². The van der Waals surface area contributed by atoms with Crippen LogP contribution in [0.2, 0.25) is 5.02 Å². The molecule has 0 saturated carbocycles. The number of nitro benzene ring substituents is 1. The number of halogens is 1. The van der Waals surface area contributed by atoms with Gasteiger partial charge in [0, 0.05) is 22.3 Å². The summed E-state index contributed by atoms with van der Waals surface area (Å²) in [5.74, 6) is -0.333. The van der Waals surface area contributed by atoms with Gasteiger partial charge in [-0.2, -0.15) is 0 Å². The summed E-state index contributed by atoms with van der Waals surface area (Å²) in [6.45, 7) is 2.03. The van der Waals surface area contributed by atoms with Crippen molar-refractivity contribution >= 4 is 28.9 Å². The average molecular weight is 321 g/mol. The lowest BCUT2D eigenvalue weighted by molar-refractivity contribution is -0.385. The molecule has 0 atom stereocenters. The molecule has 0 spiro atoms. The fraction of sp³-hybridized carbons (Fsp3) is 0.133. The molecular formula is C15H13ClN2O4. The van der Waals surface area contributed by atoms with Crippen LogP contribution in [0.5, 0.6) is 5.75 Å². The molecule has 2 aromatic carbocycles. The van der Waals surface area contributed by atoms with E-state index in [4.69, 9.17) is 16.3 Å². The van der Waals surface area contributed by atoms with E-state index in [2.05, 4.69) is 5.32 Å². The van der Waals surface area contributed by atoms with Crippen LogP contribution in [0.25, 0.3) is 0 Å². The summed E-state index contributed by atoms with van der Waals surface area (Å²) in [4.78, 5) is 22.6. The van der Waals surface area contributed by atoms with Crippen molar-refractivity contribution in [1.29, 1.82) is 0 Å². The second-order valence-electron chi connectivity index (χ2n) is 4.34. The van der Waals surface area contributed by atoms with Crippen molar-refractivity contribution in [1.82, 2.24) is 0 Å². The molecule has 114 valence electrons. The maximum absolute atomic E-state index is 12.2. The van der Waals surface area contributed by atoms with E-state index in [1.54, 1.807) is 31.2 Å². The van der Waals surface area contributed by atoms with Crippen molar-refractivity contribution in [3.63, 3.8) is 0 Å². The van der Waals surface area contributed by atoms with Crippen LogP contribution in [-0.4, -0.2) is 17.4 Å². The Morgan fingerprint density at radius 3 is 2.73 bits per heavy atom. The number of amides is 1. The number of anilines is 1. The molecule has 0 aromatic heterocycles. The number of carbonyl (C=O) groups is 1. The number of benzene rings is 2. The summed E-state index contributed by atoms with van der Waals surface area (Å²) in [5.41, 5.74) is 0.421. The largest absolute Gasteiger partial charge is 0.487 e. The first-order valence-electron chi connectivity index (χ1n) is 6.49. The third-order valence-electron chi connectivity index (χ3n) is 2.80. The summed E-state index contributed by atoms with van der Waals surface area (Å²) in [6, 6.07) is 10.7. The highest BCUT2D eigenvalue weighted by Crippen LogP contribution is 2.28. The van der Waals surface area contributed by atoms with Gasteiger partial charge in [0.2, 0.25) is 0 Å². The predicted molar refractivity (Wildman–Crippen MR) is 83.7 cm³/mol. The molecular weight excluding hydrogens is 308 g/mol. The molecule has 1 amide bonds. The molecule has 0 radical (unpaired) electrons. The molecule has 0 aliphatic rings. The number of hydrogen-bond acceptors (Lipinski definition) is 4. The first-order valence-corrected chi connectivity index (χ1v) is 6.87. The summed E-state index contributed by atoms with van der Waals surface area (Å²) in [5, 5.41) is 14.2. The summed E-state index contributed by atoms with van der Waals surface area (Å²) in [7, 11) is 0. The molecule has 0 aliphatic heterocycles. The number of nitrogens with one attached hydrogen (secondary N) is 1. The lowest BCUT2D eigenvalue weighted by Gasteiger charge is -2.08. The van der Waals surface area contributed by atoms with Gasteiger partial charge in [0.05, 0.1) is 11.5 Å². The quantitative estimate of drug-likeness (QED) is 0.669. The zero-order chi connectivity index (χ0) is 16.1. The zero-order valence-corrected chi connectivity index (χ0v) is 12.5. The van der Waals surface area contributed by atoms with E-state index in [9.17, 15) is 14.9 Å². The maximum Gasteiger partial charge on any atom is 0.311 e. The van der Waals surface area contributed by atoms with Gasteiger partial charge in [-0.15, -0.1) is 0 Å². The summed E-state index contributed by atoms with van der Waals surface area (Å²) < 4.78 is 5.18. The Labute approximate surface area is 131 Å². The molecule has 0 unspecified atom stereocenters. The highest BCUT2D eigenvalue weighted by Gasteiger charge is 2.18. The highest BCUT2D eigenvalue weighted by molar-refractivity contribution is 6.30. The van der Waals surface area contributed by atoms with Gasteiger partial charge in [-0.25, -0.2) is 0 Å². The van der Waals surface area contributed by atoms with Crippen molar-refractivity contribution < 1.29 is 14.5 Å². The Bertz CT molecular complexity index is 718. The average Bonchev–Trinajstić information content (AvgIpc) is 2.47. The number of hydrogen-bond donors (Lipinski definition) is 1. The Hall–Kier alpha value is -2.60. The molecule has 0 bridgehead atoms. The molecule has 2 rings (SSSR count). The van der Waals surface area contributed by atoms with Crippen LogP contribution in [0, 0.1) is 10.1 Å². The van der Waals surface area contributed by atoms with Gasteiger partial charge in [0.1, 0.15) is 0 Å². The van der Waals surface area contributed by atoms with E-state index in [1.165, 1.54) is 18.2 Å². The molecule has 0 fully saturated rings. The predicted octanol–water partition coefficient (Wildman–Crippen LogP) is 3.90. The van der Waals surface area contributed by atoms with Crippen LogP contribution in [0.3, 0.4) is 0 Å². The van der Waals surface area contributed by atoms with Gasteiger partial charge in [0.15, 0.2) is 5.75 Å². The maximum atomic E-state index is 12.2. The standard InChI is InChI=1S/C15H13ClN2O4/c1-2-22-14-7-6-10(8-13(14)18(20)21)15(19)17-12-5-3-4-11(16)9-12/h3-9H,2H2,1H3,(H,17,19). The monoisotopic (exact) mass is 320 g/mol. The number of nitro groups is 1. The third-order valence-corrected chi connectivity index (χ3v) is 3.04. The van der Waals surface area contributed by atoms with Gasteiger partial charge in [-0.05, 0) is 37.3 Å². The Morgan fingerprint density at radius 1 is 1.32 bits per heavy atom. The summed E-state index contributed by atoms with van der Waals surface area (Å²) >= 11 is 5.84. The molecule has 6 nitrogen and oxygen atoms in total. The van der Waals surface area contributed by atoms with Crippen molar-refractivity contribution in [2.45, 2.75) is 6.92 Å². The van der Waals surface area contributed by atoms with E-state index in [0.29, 0.717) is 17.3 Å². The highest BCUT2D eigenvalue weighted by atomic mass is 35.5. The second-order valence-corrected chi connectivity index (χ2v) is 4.77. The Kier molecular flexibility index (Phi) is 4.95. The van der Waals surface area contributed by atoms with Crippen molar-refractivity contribution in [3.05, 3.63) is 63.2 Å². The van der Waals surface area contributed by atoms with Crippen LogP contribution < -0.4 is 10.1 Å². The fourth-order valence-electron chi connectivity index (χ4n) is 1.85. The van der Waals surface area contributed by atoms with Crippen LogP contribution in [0.1, 0.15) is 17.3 Å². The minimum absolute atomic E-state index is 0.131. The van der Waals surface area contributed by atoms with Gasteiger partial charge >= 0.3 is 5.69 Å². The number of rotatable bonds is 5. The fourth-order valence-corrected chi connectivity index (χ4v) is 2.04. The van der Waals surface area contributed by atoms with Crippen molar-refractivity contribution in [2.24, 2.45) is 0 Å². The Morgan fingerprint density at radius 2 is 2.09 bits per heavy atom. The van der Waals surface area contributed by atoms with Crippen LogP contribution in [-0.2, 0) is 0 Å². The molecule has 0 aliphatic carbocycles. The van der Waals surface area contributed by atoms with Gasteiger partial charge in [-0.3, -0.25) is 14.9 Å². The van der Waals surface area contributed by atoms with E-state index >= 15 is 0 Å². The molecule has 7 heteroatoms. The molecule has 1 N–H and O–H groups in total. The molecule has 0 heterocycles. The van der Waals surface area contributed by atoms with Crippen molar-refractivity contribution in [3.8, 4) is 5.75 Å². The normalized spacial score (nSPS) is 10.1. The van der Waals surface area contributed by atoms with Crippen LogP contribution >= 0.6 is 11.6 Å². The van der Waals surface area contributed by atoms with E-state index in [-0.39, 0.29) is 17.0 Å². The minimum Gasteiger partial charge on any atom is -0.487 e. The topological polar surface area (TPSA) is 81.5 Å². The van der Waals surface area contributed by atoms with Crippen LogP contribution in [0.15, 0.2) is 42.5 Å². The number of ether oxygens (including phenoxy) is 1. The smallest absolute Gasteiger partial charge is 0.311 e. The number of carbonyl (C=O) groups excluding carboxylic acids is 1. The minimum atomic E-state index is -0.582. The number of nitrogens with zero attached hydrogens (tertiary/aromatic N) is 1. The molecule has 22 heavy (non-hydrogen) atoms.